The van der Waals surface area contributed by atoms with E-state index in [0.29, 0.717) is 17.7 Å². The van der Waals surface area contributed by atoms with Gasteiger partial charge in [-0.15, -0.1) is 0 Å². The van der Waals surface area contributed by atoms with E-state index in [0.717, 1.165) is 16.7 Å². The van der Waals surface area contributed by atoms with Crippen LogP contribution in [-0.2, 0) is 59.2 Å². The maximum atomic E-state index is 14.5. The fourth-order valence-electron chi connectivity index (χ4n) is 7.45. The lowest BCUT2D eigenvalue weighted by Crippen LogP contribution is -2.61. The second kappa shape index (κ2) is 28.1. The number of likely N-dealkylation sites (tertiary alicyclic amines) is 1. The van der Waals surface area contributed by atoms with E-state index < -0.39 is 151 Å². The highest BCUT2D eigenvalue weighted by molar-refractivity contribution is 7.99. The van der Waals surface area contributed by atoms with Gasteiger partial charge in [0.2, 0.25) is 65.0 Å². The van der Waals surface area contributed by atoms with Crippen molar-refractivity contribution in [3.05, 3.63) is 29.8 Å². The molecular formula is C45H69N11O12S. The fraction of sp³-hybridized carbons (Fsp3) is 0.622. The van der Waals surface area contributed by atoms with Gasteiger partial charge >= 0.3 is 0 Å². The molecule has 0 saturated carbocycles. The minimum absolute atomic E-state index is 0.00301. The smallest absolute Gasteiger partial charge is 0.246 e. The average molecular weight is 990 g/mol. The maximum absolute atomic E-state index is 14.5. The summed E-state index contributed by atoms with van der Waals surface area (Å²) in [7, 11) is 1.49. The normalized spacial score (nSPS) is 23.8. The summed E-state index contributed by atoms with van der Waals surface area (Å²) in [6.07, 6.45) is -3.17. The molecule has 13 N–H and O–H groups in total. The molecule has 2 heterocycles. The molecule has 382 valence electrons. The van der Waals surface area contributed by atoms with Gasteiger partial charge in [-0.25, -0.2) is 0 Å². The molecular weight excluding hydrogens is 919 g/mol. The largest absolute Gasteiger partial charge is 0.497 e. The zero-order valence-corrected chi connectivity index (χ0v) is 40.5. The Morgan fingerprint density at radius 3 is 2.10 bits per heavy atom. The van der Waals surface area contributed by atoms with E-state index in [1.807, 2.05) is 0 Å². The molecule has 0 radical (unpaired) electrons. The maximum Gasteiger partial charge on any atom is 0.246 e. The van der Waals surface area contributed by atoms with Crippen molar-refractivity contribution in [1.29, 1.82) is 0 Å². The fourth-order valence-corrected chi connectivity index (χ4v) is 8.42. The van der Waals surface area contributed by atoms with Crippen molar-refractivity contribution >= 4 is 76.7 Å². The van der Waals surface area contributed by atoms with Crippen LogP contribution in [0.3, 0.4) is 0 Å². The molecule has 2 aliphatic rings. The highest BCUT2D eigenvalue weighted by Gasteiger charge is 2.40. The van der Waals surface area contributed by atoms with Crippen molar-refractivity contribution in [1.82, 2.24) is 42.1 Å². The lowest BCUT2D eigenvalue weighted by molar-refractivity contribution is -0.142. The van der Waals surface area contributed by atoms with Gasteiger partial charge in [0, 0.05) is 34.3 Å². The van der Waals surface area contributed by atoms with Crippen LogP contribution in [0.1, 0.15) is 93.7 Å². The van der Waals surface area contributed by atoms with Crippen molar-refractivity contribution in [3.8, 4) is 5.75 Å². The monoisotopic (exact) mass is 989 g/mol. The van der Waals surface area contributed by atoms with E-state index >= 15 is 0 Å². The van der Waals surface area contributed by atoms with Crippen molar-refractivity contribution in [2.45, 2.75) is 134 Å². The number of rotatable bonds is 18. The number of nitrogens with zero attached hydrogens (tertiary/aromatic N) is 1. The number of hydrogen-bond donors (Lipinski definition) is 10. The van der Waals surface area contributed by atoms with Gasteiger partial charge < -0.3 is 64.1 Å². The SMILES string of the molecule is [2H]C([2H])(C(C)C)[C@@H](NC(=O)[C@@H]1CCCN1C(=O)[C@@H]1CSCCCC(=O)N[C@@H](Cc2ccc(OC)cc2)C(=O)N[C@@H]([C@@H](C)CC)C(=O)N[C@@H](CCC(N)=O)C(=O)N[C@@H](CC(N)=O)C(=O)N1)C(=O)NCC(N)=O. The molecule has 24 heteroatoms. The first-order chi connectivity index (χ1) is 33.4. The third-order valence-electron chi connectivity index (χ3n) is 11.3. The number of amides is 11. The molecule has 2 fully saturated rings. The van der Waals surface area contributed by atoms with Crippen LogP contribution in [0, 0.1) is 11.8 Å². The third-order valence-corrected chi connectivity index (χ3v) is 12.5. The van der Waals surface area contributed by atoms with E-state index in [9.17, 15) is 52.7 Å². The Morgan fingerprint density at radius 2 is 1.49 bits per heavy atom. The van der Waals surface area contributed by atoms with Crippen LogP contribution in [0.5, 0.6) is 5.75 Å². The number of nitrogens with one attached hydrogen (secondary N) is 7. The first-order valence-electron chi connectivity index (χ1n) is 23.8. The molecule has 0 spiro atoms. The summed E-state index contributed by atoms with van der Waals surface area (Å²) in [5, 5.41) is 17.6. The summed E-state index contributed by atoms with van der Waals surface area (Å²) in [6.45, 7) is 5.74. The first-order valence-corrected chi connectivity index (χ1v) is 24.0. The van der Waals surface area contributed by atoms with Gasteiger partial charge in [0.1, 0.15) is 48.0 Å². The molecule has 0 aromatic heterocycles. The zero-order valence-electron chi connectivity index (χ0n) is 41.7. The standard InChI is InChI=1S/C45H69N11O12S/c1-6-25(4)38-44(66)51-28(15-16-34(46)57)40(62)52-31(21-35(47)58)41(63)54-32(23-69-18-8-10-37(60)50-30(42(64)55-38)20-26-11-13-27(68-5)14-12-26)45(67)56-17-7-9-33(56)43(65)53-29(19-24(2)3)39(61)49-22-36(48)59/h11-14,24-25,28-33,38H,6-10,15-23H2,1-5H3,(H2,46,57)(H2,47,58)(H2,48,59)(H,49,61)(H,50,60)(H,51,66)(H,52,62)(H,53,65)(H,54,63)(H,55,64)/t25-,28-,29+,30-,31-,32-,33-,38-/m0/s1/i19D2. The van der Waals surface area contributed by atoms with E-state index in [-0.39, 0.29) is 50.2 Å². The minimum atomic E-state index is -2.35. The molecule has 69 heavy (non-hydrogen) atoms. The Labute approximate surface area is 408 Å². The molecule has 11 amide bonds. The van der Waals surface area contributed by atoms with Crippen molar-refractivity contribution in [2.75, 3.05) is 31.7 Å². The van der Waals surface area contributed by atoms with Crippen LogP contribution in [0.4, 0.5) is 0 Å². The number of benzene rings is 1. The number of hydrogen-bond acceptors (Lipinski definition) is 13. The summed E-state index contributed by atoms with van der Waals surface area (Å²) >= 11 is 1.14. The predicted octanol–water partition coefficient (Wildman–Crippen LogP) is -2.50. The highest BCUT2D eigenvalue weighted by atomic mass is 32.2. The number of thioether (sulfide) groups is 1. The van der Waals surface area contributed by atoms with E-state index in [2.05, 4.69) is 37.2 Å². The average Bonchev–Trinajstić information content (AvgIpc) is 3.81. The first kappa shape index (κ1) is 53.5. The van der Waals surface area contributed by atoms with E-state index in [4.69, 9.17) is 24.7 Å². The molecule has 0 bridgehead atoms. The zero-order chi connectivity index (χ0) is 53.2. The minimum Gasteiger partial charge on any atom is -0.497 e. The van der Waals surface area contributed by atoms with Gasteiger partial charge in [-0.2, -0.15) is 11.8 Å². The summed E-state index contributed by atoms with van der Waals surface area (Å²) in [4.78, 5) is 148. The number of ether oxygens (including phenoxy) is 1. The van der Waals surface area contributed by atoms with Gasteiger partial charge in [-0.3, -0.25) is 52.7 Å². The lowest BCUT2D eigenvalue weighted by Gasteiger charge is -2.31. The summed E-state index contributed by atoms with van der Waals surface area (Å²) in [5.41, 5.74) is 16.7. The van der Waals surface area contributed by atoms with Crippen LogP contribution >= 0.6 is 11.8 Å². The number of nitrogens with two attached hydrogens (primary N) is 3. The van der Waals surface area contributed by atoms with Crippen LogP contribution in [-0.4, -0.2) is 144 Å². The molecule has 8 atom stereocenters. The Kier molecular flexibility index (Phi) is 21.8. The van der Waals surface area contributed by atoms with Crippen LogP contribution < -0.4 is 59.2 Å². The molecule has 2 aliphatic heterocycles. The number of primary amides is 3. The number of carbonyl (C=O) groups is 11. The van der Waals surface area contributed by atoms with Gasteiger partial charge in [-0.1, -0.05) is 46.2 Å². The Hall–Kier alpha value is -6.46. The van der Waals surface area contributed by atoms with E-state index in [1.54, 1.807) is 38.1 Å². The van der Waals surface area contributed by atoms with Crippen molar-refractivity contribution in [2.24, 2.45) is 29.0 Å². The predicted molar refractivity (Wildman–Crippen MR) is 253 cm³/mol. The molecule has 3 rings (SSSR count). The van der Waals surface area contributed by atoms with Crippen LogP contribution in [0.25, 0.3) is 0 Å². The Balaban J connectivity index is 2.05. The highest BCUT2D eigenvalue weighted by Crippen LogP contribution is 2.22. The molecule has 1 aromatic rings. The second-order valence-corrected chi connectivity index (χ2v) is 18.4. The van der Waals surface area contributed by atoms with Gasteiger partial charge in [0.15, 0.2) is 0 Å². The molecule has 1 aromatic carbocycles. The number of methoxy groups -OCH3 is 1. The van der Waals surface area contributed by atoms with Crippen LogP contribution in [0.2, 0.25) is 0 Å². The second-order valence-electron chi connectivity index (χ2n) is 17.2. The topological polar surface area (TPSA) is 363 Å². The van der Waals surface area contributed by atoms with E-state index in [1.165, 1.54) is 21.0 Å². The third kappa shape index (κ3) is 18.9. The van der Waals surface area contributed by atoms with Gasteiger partial charge in [-0.05, 0) is 67.3 Å². The van der Waals surface area contributed by atoms with Crippen LogP contribution in [0.15, 0.2) is 24.3 Å². The summed E-state index contributed by atoms with van der Waals surface area (Å²) < 4.78 is 22.5. The van der Waals surface area contributed by atoms with Gasteiger partial charge in [0.05, 0.1) is 20.1 Å². The molecule has 2 saturated heterocycles. The molecule has 23 nitrogen and oxygen atoms in total. The Morgan fingerprint density at radius 1 is 0.841 bits per heavy atom. The summed E-state index contributed by atoms with van der Waals surface area (Å²) in [6, 6.07) is -3.62. The Bertz CT molecular complexity index is 2120. The summed E-state index contributed by atoms with van der Waals surface area (Å²) in [5.74, 6) is -10.6. The lowest BCUT2D eigenvalue weighted by atomic mass is 9.96. The number of carbonyl (C=O) groups excluding carboxylic acids is 11. The molecule has 0 unspecified atom stereocenters. The van der Waals surface area contributed by atoms with Crippen molar-refractivity contribution in [3.63, 3.8) is 0 Å². The quantitative estimate of drug-likeness (QED) is 0.0728. The van der Waals surface area contributed by atoms with Crippen molar-refractivity contribution < 1.29 is 60.2 Å². The molecule has 0 aliphatic carbocycles. The van der Waals surface area contributed by atoms with Gasteiger partial charge in [0.25, 0.3) is 0 Å².